The van der Waals surface area contributed by atoms with E-state index in [2.05, 4.69) is 10.6 Å². The molecule has 2 aromatic rings. The van der Waals surface area contributed by atoms with Crippen LogP contribution in [0.3, 0.4) is 0 Å². The Bertz CT molecular complexity index is 614. The molecule has 5 heteroatoms. The van der Waals surface area contributed by atoms with Gasteiger partial charge < -0.3 is 15.5 Å². The minimum absolute atomic E-state index is 0.0481. The Morgan fingerprint density at radius 3 is 2.35 bits per heavy atom. The Kier molecular flexibility index (Phi) is 6.44. The van der Waals surface area contributed by atoms with Gasteiger partial charge in [-0.2, -0.15) is 0 Å². The van der Waals surface area contributed by atoms with Crippen molar-refractivity contribution in [1.82, 2.24) is 10.2 Å². The number of hydrogen-bond acceptors (Lipinski definition) is 3. The number of halogens is 1. The highest BCUT2D eigenvalue weighted by Crippen LogP contribution is 2.21. The Hall–Kier alpha value is -2.04. The maximum Gasteiger partial charge on any atom is 0.247 e. The Morgan fingerprint density at radius 1 is 1.09 bits per heavy atom. The van der Waals surface area contributed by atoms with Crippen molar-refractivity contribution in [2.75, 3.05) is 32.5 Å². The van der Waals surface area contributed by atoms with Gasteiger partial charge in [0.1, 0.15) is 6.04 Å². The summed E-state index contributed by atoms with van der Waals surface area (Å²) < 4.78 is 0. The highest BCUT2D eigenvalue weighted by Gasteiger charge is 2.20. The lowest BCUT2D eigenvalue weighted by atomic mass is 10.1. The summed E-state index contributed by atoms with van der Waals surface area (Å²) in [4.78, 5) is 14.6. The molecule has 0 aliphatic carbocycles. The van der Waals surface area contributed by atoms with E-state index in [9.17, 15) is 4.79 Å². The zero-order valence-electron chi connectivity index (χ0n) is 13.4. The molecule has 0 radical (unpaired) electrons. The van der Waals surface area contributed by atoms with Crippen LogP contribution in [0.25, 0.3) is 0 Å². The topological polar surface area (TPSA) is 44.4 Å². The smallest absolute Gasteiger partial charge is 0.247 e. The average molecular weight is 332 g/mol. The van der Waals surface area contributed by atoms with Crippen molar-refractivity contribution < 1.29 is 4.79 Å². The molecule has 2 aromatic carbocycles. The van der Waals surface area contributed by atoms with E-state index in [1.165, 1.54) is 0 Å². The fraction of sp³-hybridized carbons (Fsp3) is 0.278. The van der Waals surface area contributed by atoms with E-state index in [4.69, 9.17) is 11.6 Å². The van der Waals surface area contributed by atoms with Gasteiger partial charge in [0.05, 0.1) is 0 Å². The van der Waals surface area contributed by atoms with Crippen molar-refractivity contribution in [3.63, 3.8) is 0 Å². The molecule has 0 aliphatic heterocycles. The predicted molar refractivity (Wildman–Crippen MR) is 95.8 cm³/mol. The first-order valence-corrected chi connectivity index (χ1v) is 7.93. The number of rotatable bonds is 7. The summed E-state index contributed by atoms with van der Waals surface area (Å²) in [5.41, 5.74) is 1.77. The zero-order valence-corrected chi connectivity index (χ0v) is 14.2. The van der Waals surface area contributed by atoms with Crippen LogP contribution in [0, 0.1) is 0 Å². The standard InChI is InChI=1S/C18H22ClN3O/c1-22(2)13-12-20-18(23)17(14-6-4-3-5-7-14)21-16-10-8-15(19)9-11-16/h3-11,17,21H,12-13H2,1-2H3,(H,20,23)/t17-/m1/s1. The fourth-order valence-electron chi connectivity index (χ4n) is 2.16. The Balaban J connectivity index is 2.11. The lowest BCUT2D eigenvalue weighted by molar-refractivity contribution is -0.122. The molecule has 0 saturated heterocycles. The first-order chi connectivity index (χ1) is 11.1. The number of anilines is 1. The van der Waals surface area contributed by atoms with Crippen molar-refractivity contribution in [1.29, 1.82) is 0 Å². The van der Waals surface area contributed by atoms with Crippen molar-refractivity contribution in [2.24, 2.45) is 0 Å². The van der Waals surface area contributed by atoms with E-state index >= 15 is 0 Å². The SMILES string of the molecule is CN(C)CCNC(=O)[C@H](Nc1ccc(Cl)cc1)c1ccccc1. The van der Waals surface area contributed by atoms with E-state index in [1.54, 1.807) is 12.1 Å². The van der Waals surface area contributed by atoms with Gasteiger partial charge in [-0.05, 0) is 43.9 Å². The van der Waals surface area contributed by atoms with Gasteiger partial charge in [0.2, 0.25) is 5.91 Å². The molecule has 0 aliphatic rings. The maximum atomic E-state index is 12.6. The molecule has 2 N–H and O–H groups in total. The lowest BCUT2D eigenvalue weighted by Crippen LogP contribution is -2.37. The summed E-state index contributed by atoms with van der Waals surface area (Å²) in [5, 5.41) is 6.92. The van der Waals surface area contributed by atoms with Gasteiger partial charge in [-0.15, -0.1) is 0 Å². The molecule has 1 amide bonds. The third kappa shape index (κ3) is 5.58. The molecule has 0 bridgehead atoms. The van der Waals surface area contributed by atoms with Crippen LogP contribution in [0.15, 0.2) is 54.6 Å². The second kappa shape index (κ2) is 8.56. The van der Waals surface area contributed by atoms with Gasteiger partial charge in [0.25, 0.3) is 0 Å². The molecule has 0 heterocycles. The van der Waals surface area contributed by atoms with Gasteiger partial charge in [0.15, 0.2) is 0 Å². The quantitative estimate of drug-likeness (QED) is 0.819. The summed E-state index contributed by atoms with van der Waals surface area (Å²) in [5.74, 6) is -0.0481. The monoisotopic (exact) mass is 331 g/mol. The van der Waals surface area contributed by atoms with Crippen LogP contribution in [-0.2, 0) is 4.79 Å². The molecule has 1 atom stereocenters. The largest absolute Gasteiger partial charge is 0.370 e. The number of amides is 1. The molecule has 23 heavy (non-hydrogen) atoms. The third-order valence-electron chi connectivity index (χ3n) is 3.41. The van der Waals surface area contributed by atoms with Crippen molar-refractivity contribution in [2.45, 2.75) is 6.04 Å². The molecular formula is C18H22ClN3O. The molecule has 2 rings (SSSR count). The second-order valence-electron chi connectivity index (χ2n) is 5.59. The predicted octanol–water partition coefficient (Wildman–Crippen LogP) is 3.17. The minimum atomic E-state index is -0.445. The fourth-order valence-corrected chi connectivity index (χ4v) is 2.29. The van der Waals surface area contributed by atoms with Gasteiger partial charge in [-0.1, -0.05) is 41.9 Å². The number of hydrogen-bond donors (Lipinski definition) is 2. The number of nitrogens with zero attached hydrogens (tertiary/aromatic N) is 1. The summed E-state index contributed by atoms with van der Waals surface area (Å²) >= 11 is 5.91. The third-order valence-corrected chi connectivity index (χ3v) is 3.66. The van der Waals surface area contributed by atoms with Crippen LogP contribution in [-0.4, -0.2) is 38.0 Å². The van der Waals surface area contributed by atoms with E-state index in [0.29, 0.717) is 11.6 Å². The molecule has 0 unspecified atom stereocenters. The normalized spacial score (nSPS) is 12.0. The first-order valence-electron chi connectivity index (χ1n) is 7.56. The number of nitrogens with one attached hydrogen (secondary N) is 2. The van der Waals surface area contributed by atoms with Crippen LogP contribution in [0.2, 0.25) is 5.02 Å². The number of carbonyl (C=O) groups is 1. The molecule has 0 spiro atoms. The summed E-state index contributed by atoms with van der Waals surface area (Å²) in [6.45, 7) is 1.41. The van der Waals surface area contributed by atoms with E-state index in [0.717, 1.165) is 17.8 Å². The van der Waals surface area contributed by atoms with E-state index in [-0.39, 0.29) is 5.91 Å². The maximum absolute atomic E-state index is 12.6. The Morgan fingerprint density at radius 2 is 1.74 bits per heavy atom. The van der Waals surface area contributed by atoms with Gasteiger partial charge in [0, 0.05) is 23.8 Å². The zero-order chi connectivity index (χ0) is 16.7. The van der Waals surface area contributed by atoms with Crippen molar-refractivity contribution >= 4 is 23.2 Å². The van der Waals surface area contributed by atoms with Crippen LogP contribution < -0.4 is 10.6 Å². The minimum Gasteiger partial charge on any atom is -0.370 e. The summed E-state index contributed by atoms with van der Waals surface area (Å²) in [6.07, 6.45) is 0. The number of benzene rings is 2. The lowest BCUT2D eigenvalue weighted by Gasteiger charge is -2.20. The summed E-state index contributed by atoms with van der Waals surface area (Å²) in [7, 11) is 3.96. The highest BCUT2D eigenvalue weighted by atomic mass is 35.5. The van der Waals surface area contributed by atoms with Crippen LogP contribution in [0.1, 0.15) is 11.6 Å². The van der Waals surface area contributed by atoms with Gasteiger partial charge >= 0.3 is 0 Å². The van der Waals surface area contributed by atoms with Gasteiger partial charge in [-0.25, -0.2) is 0 Å². The molecule has 0 aromatic heterocycles. The van der Waals surface area contributed by atoms with Crippen molar-refractivity contribution in [3.8, 4) is 0 Å². The second-order valence-corrected chi connectivity index (χ2v) is 6.03. The number of carbonyl (C=O) groups excluding carboxylic acids is 1. The highest BCUT2D eigenvalue weighted by molar-refractivity contribution is 6.30. The number of likely N-dealkylation sites (N-methyl/N-ethyl adjacent to an activating group) is 1. The van der Waals surface area contributed by atoms with Gasteiger partial charge in [-0.3, -0.25) is 4.79 Å². The average Bonchev–Trinajstić information content (AvgIpc) is 2.54. The molecule has 0 fully saturated rings. The van der Waals surface area contributed by atoms with E-state index < -0.39 is 6.04 Å². The van der Waals surface area contributed by atoms with Crippen LogP contribution in [0.4, 0.5) is 5.69 Å². The Labute approximate surface area is 142 Å². The molecule has 4 nitrogen and oxygen atoms in total. The van der Waals surface area contributed by atoms with Crippen LogP contribution >= 0.6 is 11.6 Å². The summed E-state index contributed by atoms with van der Waals surface area (Å²) in [6, 6.07) is 16.6. The van der Waals surface area contributed by atoms with Crippen molar-refractivity contribution in [3.05, 3.63) is 65.2 Å². The molecular weight excluding hydrogens is 310 g/mol. The molecule has 0 saturated carbocycles. The first kappa shape index (κ1) is 17.3. The van der Waals surface area contributed by atoms with E-state index in [1.807, 2.05) is 61.5 Å². The van der Waals surface area contributed by atoms with Crippen LogP contribution in [0.5, 0.6) is 0 Å². The molecule has 122 valence electrons.